The Kier molecular flexibility index (Phi) is 3.52. The molecule has 0 aliphatic carbocycles. The number of aryl methyl sites for hydroxylation is 1. The van der Waals surface area contributed by atoms with E-state index in [0.29, 0.717) is 5.75 Å². The van der Waals surface area contributed by atoms with E-state index in [1.807, 2.05) is 48.0 Å². The minimum atomic E-state index is 0.112. The molecule has 0 aliphatic heterocycles. The number of carbonyl (C=O) groups excluding carboxylic acids is 1. The molecule has 0 atom stereocenters. The van der Waals surface area contributed by atoms with Gasteiger partial charge in [-0.25, -0.2) is 4.98 Å². The fraction of sp³-hybridized carbons (Fsp3) is 0.133. The number of pyridine rings is 1. The van der Waals surface area contributed by atoms with Crippen molar-refractivity contribution in [3.63, 3.8) is 0 Å². The number of thioether (sulfide) groups is 1. The lowest BCUT2D eigenvalue weighted by molar-refractivity contribution is 0.102. The molecule has 1 aromatic carbocycles. The van der Waals surface area contributed by atoms with Crippen molar-refractivity contribution in [2.45, 2.75) is 5.16 Å². The molecule has 100 valence electrons. The molecule has 0 spiro atoms. The smallest absolute Gasteiger partial charge is 0.173 e. The van der Waals surface area contributed by atoms with Crippen molar-refractivity contribution in [2.24, 2.45) is 7.05 Å². The molecule has 4 nitrogen and oxygen atoms in total. The summed E-state index contributed by atoms with van der Waals surface area (Å²) < 4.78 is 1.99. The quantitative estimate of drug-likeness (QED) is 0.545. The summed E-state index contributed by atoms with van der Waals surface area (Å²) in [5, 5.41) is 0.831. The van der Waals surface area contributed by atoms with Crippen LogP contribution < -0.4 is 0 Å². The first-order valence-electron chi connectivity index (χ1n) is 6.23. The molecule has 0 unspecified atom stereocenters. The van der Waals surface area contributed by atoms with Gasteiger partial charge in [-0.2, -0.15) is 0 Å². The Morgan fingerprint density at radius 3 is 2.80 bits per heavy atom. The van der Waals surface area contributed by atoms with E-state index in [1.165, 1.54) is 11.8 Å². The van der Waals surface area contributed by atoms with Gasteiger partial charge < -0.3 is 4.57 Å². The Morgan fingerprint density at radius 1 is 1.25 bits per heavy atom. The van der Waals surface area contributed by atoms with Gasteiger partial charge in [0.25, 0.3) is 0 Å². The highest BCUT2D eigenvalue weighted by atomic mass is 32.2. The largest absolute Gasteiger partial charge is 0.322 e. The van der Waals surface area contributed by atoms with Gasteiger partial charge in [0.1, 0.15) is 5.52 Å². The van der Waals surface area contributed by atoms with Gasteiger partial charge >= 0.3 is 0 Å². The maximum Gasteiger partial charge on any atom is 0.173 e. The zero-order valence-corrected chi connectivity index (χ0v) is 11.8. The van der Waals surface area contributed by atoms with E-state index in [9.17, 15) is 4.79 Å². The van der Waals surface area contributed by atoms with Gasteiger partial charge in [0.2, 0.25) is 0 Å². The molecule has 5 heteroatoms. The number of nitrogens with zero attached hydrogens (tertiary/aromatic N) is 3. The predicted molar refractivity (Wildman–Crippen MR) is 80.0 cm³/mol. The summed E-state index contributed by atoms with van der Waals surface area (Å²) in [4.78, 5) is 20.6. The van der Waals surface area contributed by atoms with E-state index < -0.39 is 0 Å². The van der Waals surface area contributed by atoms with Crippen molar-refractivity contribution in [2.75, 3.05) is 5.75 Å². The van der Waals surface area contributed by atoms with Crippen LogP contribution in [0.3, 0.4) is 0 Å². The summed E-state index contributed by atoms with van der Waals surface area (Å²) in [6, 6.07) is 11.2. The summed E-state index contributed by atoms with van der Waals surface area (Å²) in [5.41, 5.74) is 2.61. The molecular formula is C15H13N3OS. The third-order valence-corrected chi connectivity index (χ3v) is 4.10. The van der Waals surface area contributed by atoms with Crippen molar-refractivity contribution < 1.29 is 4.79 Å². The van der Waals surface area contributed by atoms with Gasteiger partial charge in [-0.05, 0) is 6.07 Å². The molecule has 0 bridgehead atoms. The van der Waals surface area contributed by atoms with E-state index in [0.717, 1.165) is 21.8 Å². The van der Waals surface area contributed by atoms with Gasteiger partial charge in [-0.15, -0.1) is 0 Å². The van der Waals surface area contributed by atoms with Crippen LogP contribution in [0, 0.1) is 0 Å². The molecule has 2 aromatic heterocycles. The minimum Gasteiger partial charge on any atom is -0.322 e. The average Bonchev–Trinajstić information content (AvgIpc) is 2.83. The summed E-state index contributed by atoms with van der Waals surface area (Å²) in [5.74, 6) is 0.495. The van der Waals surface area contributed by atoms with Gasteiger partial charge in [0.15, 0.2) is 10.9 Å². The maximum absolute atomic E-state index is 12.1. The molecule has 0 saturated heterocycles. The van der Waals surface area contributed by atoms with Crippen LogP contribution in [-0.2, 0) is 7.05 Å². The van der Waals surface area contributed by atoms with E-state index in [1.54, 1.807) is 12.4 Å². The molecule has 2 heterocycles. The number of ketones is 1. The predicted octanol–water partition coefficient (Wildman–Crippen LogP) is 2.94. The monoisotopic (exact) mass is 283 g/mol. The number of aromatic nitrogens is 3. The van der Waals surface area contributed by atoms with Crippen molar-refractivity contribution in [1.29, 1.82) is 0 Å². The molecule has 0 amide bonds. The second-order valence-corrected chi connectivity index (χ2v) is 5.34. The molecule has 0 radical (unpaired) electrons. The molecule has 0 saturated carbocycles. The SMILES string of the molecule is Cn1c(SCC(=O)c2ccccc2)nc2cnccc21. The molecule has 20 heavy (non-hydrogen) atoms. The van der Waals surface area contributed by atoms with Crippen molar-refractivity contribution in [3.05, 3.63) is 54.4 Å². The summed E-state index contributed by atoms with van der Waals surface area (Å²) in [7, 11) is 1.95. The van der Waals surface area contributed by atoms with Crippen LogP contribution >= 0.6 is 11.8 Å². The highest BCUT2D eigenvalue weighted by molar-refractivity contribution is 7.99. The van der Waals surface area contributed by atoms with E-state index >= 15 is 0 Å². The first kappa shape index (κ1) is 12.9. The third-order valence-electron chi connectivity index (χ3n) is 3.07. The minimum absolute atomic E-state index is 0.112. The standard InChI is InChI=1S/C15H13N3OS/c1-18-13-7-8-16-9-12(13)17-15(18)20-10-14(19)11-5-3-2-4-6-11/h2-9H,10H2,1H3. The van der Waals surface area contributed by atoms with Crippen LogP contribution in [0.2, 0.25) is 0 Å². The first-order chi connectivity index (χ1) is 9.75. The summed E-state index contributed by atoms with van der Waals surface area (Å²) in [6.07, 6.45) is 3.48. The van der Waals surface area contributed by atoms with Crippen LogP contribution in [0.5, 0.6) is 0 Å². The lowest BCUT2D eigenvalue weighted by Crippen LogP contribution is -2.03. The van der Waals surface area contributed by atoms with Crippen molar-refractivity contribution >= 4 is 28.6 Å². The number of Topliss-reactive ketones (excluding diaryl/α,β-unsaturated/α-hetero) is 1. The van der Waals surface area contributed by atoms with Crippen LogP contribution in [-0.4, -0.2) is 26.1 Å². The van der Waals surface area contributed by atoms with E-state index in [4.69, 9.17) is 0 Å². The number of rotatable bonds is 4. The zero-order chi connectivity index (χ0) is 13.9. The second kappa shape index (κ2) is 5.46. The normalized spacial score (nSPS) is 10.8. The second-order valence-electron chi connectivity index (χ2n) is 4.40. The Bertz CT molecular complexity index is 752. The Hall–Kier alpha value is -2.14. The van der Waals surface area contributed by atoms with Gasteiger partial charge in [0.05, 0.1) is 17.5 Å². The number of imidazole rings is 1. The highest BCUT2D eigenvalue weighted by Gasteiger charge is 2.11. The number of hydrogen-bond donors (Lipinski definition) is 0. The van der Waals surface area contributed by atoms with Crippen LogP contribution in [0.4, 0.5) is 0 Å². The Labute approximate surface area is 120 Å². The highest BCUT2D eigenvalue weighted by Crippen LogP contribution is 2.22. The van der Waals surface area contributed by atoms with Gasteiger partial charge in [-0.3, -0.25) is 9.78 Å². The molecule has 0 fully saturated rings. The summed E-state index contributed by atoms with van der Waals surface area (Å²) >= 11 is 1.45. The molecule has 3 aromatic rings. The van der Waals surface area contributed by atoms with E-state index in [2.05, 4.69) is 9.97 Å². The van der Waals surface area contributed by atoms with Crippen LogP contribution in [0.1, 0.15) is 10.4 Å². The average molecular weight is 283 g/mol. The number of hydrogen-bond acceptors (Lipinski definition) is 4. The molecule has 0 aliphatic rings. The van der Waals surface area contributed by atoms with Crippen molar-refractivity contribution in [3.8, 4) is 0 Å². The number of carbonyl (C=O) groups is 1. The van der Waals surface area contributed by atoms with E-state index in [-0.39, 0.29) is 5.78 Å². The Balaban J connectivity index is 1.77. The fourth-order valence-corrected chi connectivity index (χ4v) is 2.88. The van der Waals surface area contributed by atoms with Crippen LogP contribution in [0.25, 0.3) is 11.0 Å². The maximum atomic E-state index is 12.1. The first-order valence-corrected chi connectivity index (χ1v) is 7.22. The Morgan fingerprint density at radius 2 is 2.05 bits per heavy atom. The fourth-order valence-electron chi connectivity index (χ4n) is 2.00. The molecule has 0 N–H and O–H groups in total. The van der Waals surface area contributed by atoms with Gasteiger partial charge in [-0.1, -0.05) is 42.1 Å². The van der Waals surface area contributed by atoms with Crippen molar-refractivity contribution in [1.82, 2.24) is 14.5 Å². The topological polar surface area (TPSA) is 47.8 Å². The zero-order valence-electron chi connectivity index (χ0n) is 11.0. The lowest BCUT2D eigenvalue weighted by atomic mass is 10.2. The van der Waals surface area contributed by atoms with Gasteiger partial charge in [0, 0.05) is 18.8 Å². The molecular weight excluding hydrogens is 270 g/mol. The lowest BCUT2D eigenvalue weighted by Gasteiger charge is -2.02. The number of fused-ring (bicyclic) bond motifs is 1. The van der Waals surface area contributed by atoms with Crippen LogP contribution in [0.15, 0.2) is 53.9 Å². The molecule has 3 rings (SSSR count). The third kappa shape index (κ3) is 2.44. The summed E-state index contributed by atoms with van der Waals surface area (Å²) in [6.45, 7) is 0. The number of benzene rings is 1.